The van der Waals surface area contributed by atoms with E-state index >= 15 is 0 Å². The molecular formula is C26H24ClFN2O2. The summed E-state index contributed by atoms with van der Waals surface area (Å²) in [6, 6.07) is 20.1. The first kappa shape index (κ1) is 22.0. The van der Waals surface area contributed by atoms with E-state index in [0.717, 1.165) is 11.3 Å². The van der Waals surface area contributed by atoms with Gasteiger partial charge in [0.05, 0.1) is 5.92 Å². The number of likely N-dealkylation sites (N-methyl/N-ethyl adjacent to an activating group) is 1. The highest BCUT2D eigenvalue weighted by atomic mass is 35.5. The molecule has 0 unspecified atom stereocenters. The first-order valence-corrected chi connectivity index (χ1v) is 11.0. The quantitative estimate of drug-likeness (QED) is 0.485. The minimum Gasteiger partial charge on any atom is -0.312 e. The Hall–Kier alpha value is -3.18. The van der Waals surface area contributed by atoms with Gasteiger partial charge < -0.3 is 9.80 Å². The molecule has 1 aliphatic heterocycles. The van der Waals surface area contributed by atoms with Gasteiger partial charge >= 0.3 is 0 Å². The van der Waals surface area contributed by atoms with Crippen LogP contribution in [0.1, 0.15) is 42.1 Å². The van der Waals surface area contributed by atoms with Crippen LogP contribution in [0, 0.1) is 5.82 Å². The maximum Gasteiger partial charge on any atom is 0.258 e. The van der Waals surface area contributed by atoms with Crippen molar-refractivity contribution < 1.29 is 14.0 Å². The van der Waals surface area contributed by atoms with Crippen LogP contribution < -0.4 is 9.80 Å². The molecule has 3 aromatic carbocycles. The number of fused-ring (bicyclic) bond motifs is 1. The van der Waals surface area contributed by atoms with E-state index < -0.39 is 0 Å². The average molecular weight is 451 g/mol. The Morgan fingerprint density at radius 3 is 2.34 bits per heavy atom. The molecule has 0 saturated carbocycles. The molecule has 32 heavy (non-hydrogen) atoms. The molecule has 164 valence electrons. The summed E-state index contributed by atoms with van der Waals surface area (Å²) in [6.07, 6.45) is 0.493. The summed E-state index contributed by atoms with van der Waals surface area (Å²) < 4.78 is 13.3. The van der Waals surface area contributed by atoms with E-state index in [9.17, 15) is 14.0 Å². The Morgan fingerprint density at radius 2 is 1.69 bits per heavy atom. The van der Waals surface area contributed by atoms with Gasteiger partial charge in [-0.1, -0.05) is 29.8 Å². The fraction of sp³-hybridized carbons (Fsp3) is 0.231. The molecule has 2 amide bonds. The maximum atomic E-state index is 13.7. The first-order valence-electron chi connectivity index (χ1n) is 10.7. The Balaban J connectivity index is 1.70. The SMILES string of the molecule is CCN(C(=O)[C@H]1C[C@H](C)N(C(=O)c2ccc(F)cc2)c2ccccc21)c1ccc(Cl)cc1. The Labute approximate surface area is 192 Å². The van der Waals surface area contributed by atoms with Crippen molar-refractivity contribution in [1.29, 1.82) is 0 Å². The molecule has 0 spiro atoms. The molecule has 3 aromatic rings. The van der Waals surface area contributed by atoms with E-state index in [1.807, 2.05) is 50.2 Å². The molecule has 0 bridgehead atoms. The molecule has 0 aliphatic carbocycles. The zero-order chi connectivity index (χ0) is 22.8. The van der Waals surface area contributed by atoms with E-state index in [4.69, 9.17) is 11.6 Å². The lowest BCUT2D eigenvalue weighted by atomic mass is 9.84. The average Bonchev–Trinajstić information content (AvgIpc) is 2.80. The van der Waals surface area contributed by atoms with Gasteiger partial charge in [-0.2, -0.15) is 0 Å². The summed E-state index contributed by atoms with van der Waals surface area (Å²) in [7, 11) is 0. The number of hydrogen-bond acceptors (Lipinski definition) is 2. The summed E-state index contributed by atoms with van der Waals surface area (Å²) in [5, 5.41) is 0.615. The van der Waals surface area contributed by atoms with Crippen LogP contribution in [0.3, 0.4) is 0 Å². The van der Waals surface area contributed by atoms with E-state index in [2.05, 4.69) is 0 Å². The van der Waals surface area contributed by atoms with Crippen molar-refractivity contribution in [2.45, 2.75) is 32.2 Å². The van der Waals surface area contributed by atoms with Gasteiger partial charge in [-0.25, -0.2) is 4.39 Å². The summed E-state index contributed by atoms with van der Waals surface area (Å²) >= 11 is 6.02. The largest absolute Gasteiger partial charge is 0.312 e. The van der Waals surface area contributed by atoms with Gasteiger partial charge in [0.1, 0.15) is 5.82 Å². The second-order valence-electron chi connectivity index (χ2n) is 7.94. The number of benzene rings is 3. The normalized spacial score (nSPS) is 17.6. The van der Waals surface area contributed by atoms with Crippen molar-refractivity contribution in [3.63, 3.8) is 0 Å². The van der Waals surface area contributed by atoms with Crippen molar-refractivity contribution in [3.8, 4) is 0 Å². The summed E-state index contributed by atoms with van der Waals surface area (Å²) in [4.78, 5) is 30.4. The van der Waals surface area contributed by atoms with Gasteiger partial charge in [-0.3, -0.25) is 9.59 Å². The van der Waals surface area contributed by atoms with Gasteiger partial charge in [-0.05, 0) is 80.4 Å². The number of carbonyl (C=O) groups excluding carboxylic acids is 2. The molecule has 4 rings (SSSR count). The molecule has 0 aromatic heterocycles. The first-order chi connectivity index (χ1) is 15.4. The van der Waals surface area contributed by atoms with E-state index in [1.54, 1.807) is 21.9 Å². The minimum absolute atomic E-state index is 0.0111. The van der Waals surface area contributed by atoms with Gasteiger partial charge in [-0.15, -0.1) is 0 Å². The lowest BCUT2D eigenvalue weighted by Crippen LogP contribution is -2.46. The Morgan fingerprint density at radius 1 is 1.03 bits per heavy atom. The number of para-hydroxylation sites is 1. The van der Waals surface area contributed by atoms with E-state index in [1.165, 1.54) is 24.3 Å². The highest BCUT2D eigenvalue weighted by Crippen LogP contribution is 2.40. The molecular weight excluding hydrogens is 427 g/mol. The zero-order valence-corrected chi connectivity index (χ0v) is 18.7. The molecule has 0 radical (unpaired) electrons. The van der Waals surface area contributed by atoms with E-state index in [-0.39, 0.29) is 29.6 Å². The van der Waals surface area contributed by atoms with Crippen LogP contribution >= 0.6 is 11.6 Å². The minimum atomic E-state index is -0.388. The number of halogens is 2. The van der Waals surface area contributed by atoms with Crippen LogP contribution in [0.4, 0.5) is 15.8 Å². The summed E-state index contributed by atoms with van der Waals surface area (Å²) in [5.41, 5.74) is 2.73. The van der Waals surface area contributed by atoms with Gasteiger partial charge in [0.2, 0.25) is 5.91 Å². The smallest absolute Gasteiger partial charge is 0.258 e. The third kappa shape index (κ3) is 4.13. The lowest BCUT2D eigenvalue weighted by Gasteiger charge is -2.40. The second-order valence-corrected chi connectivity index (χ2v) is 8.37. The molecule has 0 saturated heterocycles. The van der Waals surface area contributed by atoms with Gasteiger partial charge in [0.15, 0.2) is 0 Å². The lowest BCUT2D eigenvalue weighted by molar-refractivity contribution is -0.120. The van der Waals surface area contributed by atoms with Crippen molar-refractivity contribution in [2.75, 3.05) is 16.3 Å². The fourth-order valence-electron chi connectivity index (χ4n) is 4.36. The number of nitrogens with zero attached hydrogens (tertiary/aromatic N) is 2. The topological polar surface area (TPSA) is 40.6 Å². The molecule has 1 aliphatic rings. The third-order valence-electron chi connectivity index (χ3n) is 5.92. The maximum absolute atomic E-state index is 13.7. The van der Waals surface area contributed by atoms with Gasteiger partial charge in [0, 0.05) is 34.5 Å². The number of hydrogen-bond donors (Lipinski definition) is 0. The Bertz CT molecular complexity index is 1130. The molecule has 2 atom stereocenters. The molecule has 6 heteroatoms. The predicted octanol–water partition coefficient (Wildman–Crippen LogP) is 6.05. The second kappa shape index (κ2) is 9.13. The van der Waals surface area contributed by atoms with Crippen molar-refractivity contribution in [1.82, 2.24) is 0 Å². The molecule has 1 heterocycles. The highest BCUT2D eigenvalue weighted by molar-refractivity contribution is 6.30. The van der Waals surface area contributed by atoms with Crippen molar-refractivity contribution >= 4 is 34.8 Å². The summed E-state index contributed by atoms with van der Waals surface area (Å²) in [6.45, 7) is 4.40. The Kier molecular flexibility index (Phi) is 6.28. The van der Waals surface area contributed by atoms with Crippen molar-refractivity contribution in [3.05, 3.63) is 94.8 Å². The van der Waals surface area contributed by atoms with Crippen LogP contribution in [-0.2, 0) is 4.79 Å². The van der Waals surface area contributed by atoms with Crippen LogP contribution in [0.25, 0.3) is 0 Å². The third-order valence-corrected chi connectivity index (χ3v) is 6.17. The predicted molar refractivity (Wildman–Crippen MR) is 126 cm³/mol. The molecule has 0 fully saturated rings. The van der Waals surface area contributed by atoms with Crippen LogP contribution in [0.2, 0.25) is 5.02 Å². The van der Waals surface area contributed by atoms with Crippen LogP contribution in [0.15, 0.2) is 72.8 Å². The van der Waals surface area contributed by atoms with Crippen LogP contribution in [-0.4, -0.2) is 24.4 Å². The van der Waals surface area contributed by atoms with Gasteiger partial charge in [0.25, 0.3) is 5.91 Å². The fourth-order valence-corrected chi connectivity index (χ4v) is 4.49. The zero-order valence-electron chi connectivity index (χ0n) is 18.0. The number of anilines is 2. The van der Waals surface area contributed by atoms with Crippen molar-refractivity contribution in [2.24, 2.45) is 0 Å². The number of amides is 2. The monoisotopic (exact) mass is 450 g/mol. The molecule has 4 nitrogen and oxygen atoms in total. The summed E-state index contributed by atoms with van der Waals surface area (Å²) in [5.74, 6) is -0.987. The number of carbonyl (C=O) groups is 2. The standard InChI is InChI=1S/C26H24ClFN2O2/c1-3-29(21-14-10-19(27)11-15-21)26(32)23-16-17(2)30(24-7-5-4-6-22(23)24)25(31)18-8-12-20(28)13-9-18/h4-15,17,23H,3,16H2,1-2H3/t17-,23-/m0/s1. The van der Waals surface area contributed by atoms with E-state index in [0.29, 0.717) is 29.2 Å². The van der Waals surface area contributed by atoms with Crippen LogP contribution in [0.5, 0.6) is 0 Å². The highest BCUT2D eigenvalue weighted by Gasteiger charge is 2.38. The number of rotatable bonds is 4. The molecule has 0 N–H and O–H groups in total.